The third-order valence-corrected chi connectivity index (χ3v) is 3.24. The maximum Gasteiger partial charge on any atom is 0.227 e. The molecule has 18 heavy (non-hydrogen) atoms. The molecule has 0 aliphatic carbocycles. The Hall–Kier alpha value is -1.46. The van der Waals surface area contributed by atoms with Gasteiger partial charge >= 0.3 is 0 Å². The molecule has 1 aliphatic heterocycles. The van der Waals surface area contributed by atoms with E-state index in [0.29, 0.717) is 25.2 Å². The fourth-order valence-electron chi connectivity index (χ4n) is 2.21. The first kappa shape index (κ1) is 13.0. The minimum Gasteiger partial charge on any atom is -0.336 e. The molecule has 0 radical (unpaired) electrons. The van der Waals surface area contributed by atoms with Crippen LogP contribution in [0.4, 0.5) is 4.39 Å². The van der Waals surface area contributed by atoms with Gasteiger partial charge in [0.1, 0.15) is 5.82 Å². The van der Waals surface area contributed by atoms with Crippen LogP contribution in [-0.4, -0.2) is 43.0 Å². The third kappa shape index (κ3) is 2.86. The molecular weight excluding hydrogens is 233 g/mol. The summed E-state index contributed by atoms with van der Waals surface area (Å²) in [6.45, 7) is 2.53. The van der Waals surface area contributed by atoms with Crippen LogP contribution in [-0.2, 0) is 11.2 Å². The first-order valence-electron chi connectivity index (χ1n) is 6.16. The van der Waals surface area contributed by atoms with Gasteiger partial charge in [-0.2, -0.15) is 0 Å². The zero-order chi connectivity index (χ0) is 13.0. The minimum absolute atomic E-state index is 0.0121. The summed E-state index contributed by atoms with van der Waals surface area (Å²) < 4.78 is 13.5. The summed E-state index contributed by atoms with van der Waals surface area (Å²) >= 11 is 0. The van der Waals surface area contributed by atoms with Gasteiger partial charge in [0.25, 0.3) is 0 Å². The molecule has 0 saturated carbocycles. The number of halogens is 1. The molecule has 98 valence electrons. The normalized spacial score (nSPS) is 19.9. The van der Waals surface area contributed by atoms with Crippen molar-refractivity contribution in [3.05, 3.63) is 35.6 Å². The lowest BCUT2D eigenvalue weighted by Gasteiger charge is -2.35. The van der Waals surface area contributed by atoms with Gasteiger partial charge in [0.05, 0.1) is 12.5 Å². The molecule has 4 nitrogen and oxygen atoms in total. The number of carbonyl (C=O) groups is 1. The predicted octanol–water partition coefficient (Wildman–Crippen LogP) is 0.127. The molecule has 0 spiro atoms. The largest absolute Gasteiger partial charge is 0.336 e. The second-order valence-corrected chi connectivity index (χ2v) is 4.45. The molecule has 1 aliphatic rings. The summed E-state index contributed by atoms with van der Waals surface area (Å²) in [6, 6.07) is 6.40. The molecule has 1 saturated heterocycles. The topological polar surface area (TPSA) is 58.4 Å². The SMILES string of the molecule is NCC1CNCCN1C(=O)Cc1ccccc1F. The Morgan fingerprint density at radius 2 is 2.28 bits per heavy atom. The molecule has 1 aromatic rings. The molecule has 2 rings (SSSR count). The highest BCUT2D eigenvalue weighted by molar-refractivity contribution is 5.79. The molecule has 5 heteroatoms. The van der Waals surface area contributed by atoms with E-state index in [1.165, 1.54) is 6.07 Å². The van der Waals surface area contributed by atoms with E-state index in [4.69, 9.17) is 5.73 Å². The van der Waals surface area contributed by atoms with Gasteiger partial charge in [-0.15, -0.1) is 0 Å². The number of carbonyl (C=O) groups excluding carboxylic acids is 1. The Balaban J connectivity index is 2.05. The van der Waals surface area contributed by atoms with Crippen molar-refractivity contribution in [2.45, 2.75) is 12.5 Å². The van der Waals surface area contributed by atoms with Gasteiger partial charge in [0.2, 0.25) is 5.91 Å². The molecule has 1 fully saturated rings. The number of nitrogens with zero attached hydrogens (tertiary/aromatic N) is 1. The molecule has 3 N–H and O–H groups in total. The minimum atomic E-state index is -0.328. The highest BCUT2D eigenvalue weighted by Crippen LogP contribution is 2.11. The van der Waals surface area contributed by atoms with Gasteiger partial charge in [0.15, 0.2) is 0 Å². The molecule has 1 atom stereocenters. The molecule has 1 unspecified atom stereocenters. The lowest BCUT2D eigenvalue weighted by Crippen LogP contribution is -2.56. The van der Waals surface area contributed by atoms with Crippen LogP contribution in [0.15, 0.2) is 24.3 Å². The summed E-state index contributed by atoms with van der Waals surface area (Å²) in [4.78, 5) is 13.9. The van der Waals surface area contributed by atoms with Crippen LogP contribution in [0.25, 0.3) is 0 Å². The first-order chi connectivity index (χ1) is 8.72. The Kier molecular flexibility index (Phi) is 4.28. The first-order valence-corrected chi connectivity index (χ1v) is 6.16. The monoisotopic (exact) mass is 251 g/mol. The number of hydrogen-bond acceptors (Lipinski definition) is 3. The Bertz CT molecular complexity index is 424. The number of nitrogens with two attached hydrogens (primary N) is 1. The van der Waals surface area contributed by atoms with Crippen molar-refractivity contribution in [2.24, 2.45) is 5.73 Å². The maximum atomic E-state index is 13.5. The number of nitrogens with one attached hydrogen (secondary N) is 1. The number of amides is 1. The molecular formula is C13H18FN3O. The van der Waals surface area contributed by atoms with Crippen LogP contribution in [0.5, 0.6) is 0 Å². The van der Waals surface area contributed by atoms with Crippen LogP contribution in [0.3, 0.4) is 0 Å². The molecule has 1 heterocycles. The van der Waals surface area contributed by atoms with Gasteiger partial charge in [-0.05, 0) is 11.6 Å². The van der Waals surface area contributed by atoms with Crippen molar-refractivity contribution >= 4 is 5.91 Å². The zero-order valence-electron chi connectivity index (χ0n) is 10.2. The van der Waals surface area contributed by atoms with E-state index in [9.17, 15) is 9.18 Å². The summed E-state index contributed by atoms with van der Waals surface area (Å²) in [6.07, 6.45) is 0.100. The summed E-state index contributed by atoms with van der Waals surface area (Å²) in [5.41, 5.74) is 6.09. The van der Waals surface area contributed by atoms with E-state index < -0.39 is 0 Å². The van der Waals surface area contributed by atoms with Crippen LogP contribution in [0.2, 0.25) is 0 Å². The van der Waals surface area contributed by atoms with Gasteiger partial charge in [-0.25, -0.2) is 4.39 Å². The Morgan fingerprint density at radius 3 is 3.00 bits per heavy atom. The number of piperazine rings is 1. The van der Waals surface area contributed by atoms with Gasteiger partial charge in [-0.1, -0.05) is 18.2 Å². The highest BCUT2D eigenvalue weighted by Gasteiger charge is 2.25. The van der Waals surface area contributed by atoms with Crippen molar-refractivity contribution in [3.8, 4) is 0 Å². The van der Waals surface area contributed by atoms with Crippen molar-refractivity contribution in [3.63, 3.8) is 0 Å². The van der Waals surface area contributed by atoms with Crippen molar-refractivity contribution in [1.29, 1.82) is 0 Å². The summed E-state index contributed by atoms with van der Waals surface area (Å²) in [7, 11) is 0. The lowest BCUT2D eigenvalue weighted by molar-refractivity contribution is -0.133. The highest BCUT2D eigenvalue weighted by atomic mass is 19.1. The smallest absolute Gasteiger partial charge is 0.227 e. The fourth-order valence-corrected chi connectivity index (χ4v) is 2.21. The van der Waals surface area contributed by atoms with Crippen LogP contribution < -0.4 is 11.1 Å². The Morgan fingerprint density at radius 1 is 1.50 bits per heavy atom. The van der Waals surface area contributed by atoms with Crippen LogP contribution in [0, 0.1) is 5.82 Å². The van der Waals surface area contributed by atoms with Gasteiger partial charge in [-0.3, -0.25) is 4.79 Å². The van der Waals surface area contributed by atoms with Gasteiger partial charge in [0, 0.05) is 26.2 Å². The second kappa shape index (κ2) is 5.93. The van der Waals surface area contributed by atoms with E-state index >= 15 is 0 Å². The third-order valence-electron chi connectivity index (χ3n) is 3.24. The molecule has 1 aromatic carbocycles. The lowest BCUT2D eigenvalue weighted by atomic mass is 10.1. The van der Waals surface area contributed by atoms with E-state index in [0.717, 1.165) is 6.54 Å². The average molecular weight is 251 g/mol. The zero-order valence-corrected chi connectivity index (χ0v) is 10.2. The van der Waals surface area contributed by atoms with Crippen molar-refractivity contribution in [1.82, 2.24) is 10.2 Å². The van der Waals surface area contributed by atoms with Crippen LogP contribution in [0.1, 0.15) is 5.56 Å². The number of rotatable bonds is 3. The van der Waals surface area contributed by atoms with E-state index in [1.807, 2.05) is 0 Å². The number of benzene rings is 1. The van der Waals surface area contributed by atoms with Crippen molar-refractivity contribution < 1.29 is 9.18 Å². The second-order valence-electron chi connectivity index (χ2n) is 4.45. The summed E-state index contributed by atoms with van der Waals surface area (Å²) in [5, 5.41) is 3.20. The van der Waals surface area contributed by atoms with Gasteiger partial charge < -0.3 is 16.0 Å². The number of hydrogen-bond donors (Lipinski definition) is 2. The van der Waals surface area contributed by atoms with E-state index in [1.54, 1.807) is 23.1 Å². The standard InChI is InChI=1S/C13H18FN3O/c14-12-4-2-1-3-10(12)7-13(18)17-6-5-16-9-11(17)8-15/h1-4,11,16H,5-9,15H2. The molecule has 1 amide bonds. The summed E-state index contributed by atoms with van der Waals surface area (Å²) in [5.74, 6) is -0.387. The van der Waals surface area contributed by atoms with E-state index in [-0.39, 0.29) is 24.2 Å². The average Bonchev–Trinajstić information content (AvgIpc) is 2.41. The van der Waals surface area contributed by atoms with Crippen LogP contribution >= 0.6 is 0 Å². The quantitative estimate of drug-likeness (QED) is 0.802. The molecule has 0 aromatic heterocycles. The fraction of sp³-hybridized carbons (Fsp3) is 0.462. The predicted molar refractivity (Wildman–Crippen MR) is 67.5 cm³/mol. The van der Waals surface area contributed by atoms with Crippen molar-refractivity contribution in [2.75, 3.05) is 26.2 Å². The maximum absolute atomic E-state index is 13.5. The van der Waals surface area contributed by atoms with E-state index in [2.05, 4.69) is 5.32 Å². The molecule has 0 bridgehead atoms. The Labute approximate surface area is 106 Å².